The van der Waals surface area contributed by atoms with Crippen LogP contribution in [-0.2, 0) is 74.4 Å². The minimum absolute atomic E-state index is 0.0968. The molecule has 1 saturated carbocycles. The summed E-state index contributed by atoms with van der Waals surface area (Å²) in [4.78, 5) is 37.1. The van der Waals surface area contributed by atoms with Gasteiger partial charge in [0.2, 0.25) is 0 Å². The van der Waals surface area contributed by atoms with Crippen LogP contribution in [0.2, 0.25) is 5.02 Å². The molecule has 620 valence electrons. The number of rotatable bonds is 17. The summed E-state index contributed by atoms with van der Waals surface area (Å²) in [5.41, 5.74) is 7.03. The molecule has 3 fully saturated rings. The number of H-pyrrole nitrogens is 1. The quantitative estimate of drug-likeness (QED) is 0.0376. The molecule has 7 heterocycles. The molecule has 32 heteroatoms. The fourth-order valence-electron chi connectivity index (χ4n) is 13.1. The van der Waals surface area contributed by atoms with Gasteiger partial charge in [-0.2, -0.15) is 51.8 Å². The predicted octanol–water partition coefficient (Wildman–Crippen LogP) is 18.9. The van der Waals surface area contributed by atoms with Crippen LogP contribution >= 0.6 is 59.4 Å². The second-order valence-corrected chi connectivity index (χ2v) is 33.0. The number of aromatic amines is 1. The van der Waals surface area contributed by atoms with Crippen LogP contribution in [0.3, 0.4) is 0 Å². The molecule has 14 aromatic rings. The Morgan fingerprint density at radius 3 is 1.59 bits per heavy atom. The van der Waals surface area contributed by atoms with Crippen molar-refractivity contribution in [3.05, 3.63) is 254 Å². The number of benzene rings is 9. The van der Waals surface area contributed by atoms with Crippen molar-refractivity contribution in [1.29, 1.82) is 0 Å². The first kappa shape index (κ1) is 88.1. The summed E-state index contributed by atoms with van der Waals surface area (Å²) in [6, 6.07) is 49.9. The summed E-state index contributed by atoms with van der Waals surface area (Å²) in [5.74, 6) is -16.0. The minimum Gasteiger partial charge on any atom is -0.489 e. The van der Waals surface area contributed by atoms with E-state index < -0.39 is 82.8 Å². The van der Waals surface area contributed by atoms with Crippen molar-refractivity contribution in [2.45, 2.75) is 108 Å². The first-order valence-corrected chi connectivity index (χ1v) is 40.7. The lowest BCUT2D eigenvalue weighted by Gasteiger charge is -2.32. The second-order valence-electron chi connectivity index (χ2n) is 29.8. The molecule has 2 atom stereocenters. The molecule has 0 unspecified atom stereocenters. The number of halogens is 10. The maximum absolute atomic E-state index is 15.5. The van der Waals surface area contributed by atoms with Gasteiger partial charge in [0.1, 0.15) is 11.9 Å². The van der Waals surface area contributed by atoms with Crippen molar-refractivity contribution in [2.75, 3.05) is 26.2 Å². The molecule has 0 spiro atoms. The lowest BCUT2D eigenvalue weighted by Crippen LogP contribution is -2.50. The number of aryl methyl sites for hydroxylation is 4. The zero-order valence-electron chi connectivity index (χ0n) is 66.2. The Morgan fingerprint density at radius 1 is 0.597 bits per heavy atom. The zero-order chi connectivity index (χ0) is 85.5. The van der Waals surface area contributed by atoms with Gasteiger partial charge in [-0.1, -0.05) is 150 Å². The van der Waals surface area contributed by atoms with Gasteiger partial charge in [-0.3, -0.25) is 28.6 Å². The van der Waals surface area contributed by atoms with E-state index in [4.69, 9.17) is 30.8 Å². The molecule has 17 rings (SSSR count). The number of carboxylic acid groups (broad SMARTS) is 1. The summed E-state index contributed by atoms with van der Waals surface area (Å²) in [6.45, 7) is 10.8. The normalized spacial score (nSPS) is 15.0. The van der Waals surface area contributed by atoms with Gasteiger partial charge in [0.05, 0.1) is 87.3 Å². The molecule has 1 aliphatic carbocycles. The lowest BCUT2D eigenvalue weighted by atomic mass is 9.78. The molecular formula is C87H85BBr3ClF6N12O9. The summed E-state index contributed by atoms with van der Waals surface area (Å²) in [5, 5.41) is 51.5. The van der Waals surface area contributed by atoms with E-state index in [1.165, 1.54) is 66.2 Å². The fourth-order valence-corrected chi connectivity index (χ4v) is 14.5. The van der Waals surface area contributed by atoms with Crippen LogP contribution in [-0.4, -0.2) is 139 Å². The maximum atomic E-state index is 15.5. The predicted molar refractivity (Wildman–Crippen MR) is 459 cm³/mol. The van der Waals surface area contributed by atoms with E-state index >= 15 is 8.78 Å². The average molecular weight is 1840 g/mol. The number of nitrogens with one attached hydrogen (secondary N) is 2. The number of carbonyl (C=O) groups is 3. The molecular weight excluding hydrogens is 1760 g/mol. The third-order valence-electron chi connectivity index (χ3n) is 20.7. The van der Waals surface area contributed by atoms with E-state index in [0.29, 0.717) is 21.8 Å². The van der Waals surface area contributed by atoms with Crippen molar-refractivity contribution in [2.24, 2.45) is 28.2 Å². The number of fused-ring (bicyclic) bond motifs is 5. The smallest absolute Gasteiger partial charge is 0.489 e. The van der Waals surface area contributed by atoms with Crippen molar-refractivity contribution in [1.82, 2.24) is 59.5 Å². The van der Waals surface area contributed by atoms with Crippen LogP contribution in [0.5, 0.6) is 5.75 Å². The Morgan fingerprint density at radius 2 is 1.07 bits per heavy atom. The number of alkyl halides is 6. The molecule has 9 aromatic carbocycles. The van der Waals surface area contributed by atoms with Gasteiger partial charge in [0.25, 0.3) is 5.91 Å². The lowest BCUT2D eigenvalue weighted by molar-refractivity contribution is -0.173. The molecule has 1 amide bonds. The maximum Gasteiger partial charge on any atom is 0.494 e. The molecule has 3 aliphatic rings. The fraction of sp³-hybridized carbons (Fsp3) is 0.287. The number of aliphatic hydroxyl groups excluding tert-OH is 1. The number of ether oxygens (including phenoxy) is 2. The van der Waals surface area contributed by atoms with Crippen molar-refractivity contribution in [3.8, 4) is 28.0 Å². The van der Waals surface area contributed by atoms with Gasteiger partial charge in [0.15, 0.2) is 0 Å². The SMILES string of the molecule is Brc1ccc2[nH]ncc2c1.CCOC(=O)C(F)(F)c1ccc(B2OC(C)(C)C(C)(C)O2)cc1.Cn1cc2cc(Br)ccc2n1.Cn1ncc2cc(-c3ccc(C(F)(F)C(=O)N[C@H](CN4CCCC4)[C@H](O)c4ccc(OC5CC5)c(Cl)c4)cc3)ccc21.Cn1ncc2cc(-c3ccc(C(F)(F)C(=O)O)cc3)ccc21.Cn1ncc2cc(Br)ccc21. The number of carboxylic acids is 1. The molecule has 5 aromatic heterocycles. The number of hydrogen-bond acceptors (Lipinski definition) is 14. The number of likely N-dealkylation sites (tertiary alicyclic amines) is 1. The van der Waals surface area contributed by atoms with E-state index in [0.717, 1.165) is 130 Å². The van der Waals surface area contributed by atoms with E-state index in [1.54, 1.807) is 58.3 Å². The first-order chi connectivity index (χ1) is 56.5. The Hall–Kier alpha value is -10.2. The highest BCUT2D eigenvalue weighted by atomic mass is 79.9. The van der Waals surface area contributed by atoms with Gasteiger partial charge in [-0.15, -0.1) is 0 Å². The number of carbonyl (C=O) groups excluding carboxylic acids is 2. The number of nitrogens with zero attached hydrogens (tertiary/aromatic N) is 10. The molecule has 2 aliphatic heterocycles. The van der Waals surface area contributed by atoms with Crippen molar-refractivity contribution >= 4 is 144 Å². The topological polar surface area (TPSA) is 244 Å². The molecule has 21 nitrogen and oxygen atoms in total. The van der Waals surface area contributed by atoms with E-state index in [2.05, 4.69) is 105 Å². The van der Waals surface area contributed by atoms with E-state index in [1.807, 2.05) is 157 Å². The van der Waals surface area contributed by atoms with E-state index in [-0.39, 0.29) is 19.3 Å². The highest BCUT2D eigenvalue weighted by Crippen LogP contribution is 2.40. The molecule has 0 bridgehead atoms. The third kappa shape index (κ3) is 21.1. The van der Waals surface area contributed by atoms with Gasteiger partial charge in [-0.25, -0.2) is 9.59 Å². The monoisotopic (exact) mass is 1840 g/mol. The number of esters is 1. The summed E-state index contributed by atoms with van der Waals surface area (Å²) in [6.07, 6.45) is 12.0. The zero-order valence-corrected chi connectivity index (χ0v) is 71.7. The van der Waals surface area contributed by atoms with Gasteiger partial charge in [0, 0.05) is 98.0 Å². The standard InChI is InChI=1S/C32H33ClF2N4O3.C16H21BF2O4.C16H12F2N2O2.2C8H7BrN2.C7H5BrN2/c1-38-28-12-6-21(16-23(28)18-36-38)20-4-8-24(9-5-20)32(34,35)31(41)37-27(19-39-14-2-3-15-39)30(40)22-7-13-29(26(33)17-22)42-25-10-11-25;1-6-21-13(20)16(18,19)11-7-9-12(10-8-11)17-22-14(2,3)15(4,5)23-17;1-20-14-7-4-11(8-12(14)9-19-20)10-2-5-13(6-3-10)16(17,18)15(21)22;1-11-5-6-4-7(9)2-3-8(6)10-11;1-11-8-3-2-7(9)4-6(8)5-10-11;8-6-1-2-7-5(3-6)4-9-10-7/h4-9,12-13,16-18,25,27,30,40H,2-3,10-11,14-15,19H2,1H3,(H,37,41);7-10H,6H2,1-5H3;2-9H,1H3,(H,21,22);2*2-5H,1H3;1-4H,(H,9,10)/t27-,30-;;;;;/m1...../s1. The van der Waals surface area contributed by atoms with Gasteiger partial charge >= 0.3 is 36.8 Å². The Bertz CT molecular complexity index is 5900. The minimum atomic E-state index is -3.88. The molecule has 0 radical (unpaired) electrons. The average Bonchev–Trinajstić information content (AvgIpc) is 1.69. The number of aromatic nitrogens is 10. The van der Waals surface area contributed by atoms with Crippen LogP contribution < -0.4 is 15.5 Å². The molecule has 2 saturated heterocycles. The van der Waals surface area contributed by atoms with Crippen LogP contribution in [0.25, 0.3) is 76.8 Å². The Labute approximate surface area is 712 Å². The highest BCUT2D eigenvalue weighted by Gasteiger charge is 2.52. The second kappa shape index (κ2) is 37.2. The summed E-state index contributed by atoms with van der Waals surface area (Å²) < 4.78 is 118. The molecule has 4 N–H and O–H groups in total. The Balaban J connectivity index is 0.000000143. The van der Waals surface area contributed by atoms with E-state index in [9.17, 15) is 37.1 Å². The number of amides is 1. The van der Waals surface area contributed by atoms with Crippen LogP contribution in [0.15, 0.2) is 226 Å². The van der Waals surface area contributed by atoms with Crippen molar-refractivity contribution < 1.29 is 69.7 Å². The van der Waals surface area contributed by atoms with Crippen LogP contribution in [0.4, 0.5) is 26.3 Å². The third-order valence-corrected chi connectivity index (χ3v) is 22.5. The summed E-state index contributed by atoms with van der Waals surface area (Å²) in [7, 11) is 6.92. The van der Waals surface area contributed by atoms with Crippen molar-refractivity contribution in [3.63, 3.8) is 0 Å². The molecule has 119 heavy (non-hydrogen) atoms. The highest BCUT2D eigenvalue weighted by molar-refractivity contribution is 9.11. The van der Waals surface area contributed by atoms with Gasteiger partial charge in [-0.05, 0) is 198 Å². The number of hydrogen-bond donors (Lipinski definition) is 4. The number of aliphatic carboxylic acids is 1. The van der Waals surface area contributed by atoms with Crippen LogP contribution in [0.1, 0.15) is 88.7 Å². The Kier molecular flexibility index (Phi) is 27.5. The van der Waals surface area contributed by atoms with Crippen LogP contribution in [0, 0.1) is 0 Å². The largest absolute Gasteiger partial charge is 0.494 e. The van der Waals surface area contributed by atoms with Gasteiger partial charge < -0.3 is 39.2 Å². The first-order valence-electron chi connectivity index (χ1n) is 38.0. The summed E-state index contributed by atoms with van der Waals surface area (Å²) >= 11 is 16.6. The number of aliphatic hydroxyl groups is 1.